The van der Waals surface area contributed by atoms with Crippen molar-refractivity contribution in [2.24, 2.45) is 0 Å². The number of aliphatic carboxylic acids is 1. The van der Waals surface area contributed by atoms with Crippen molar-refractivity contribution in [2.45, 2.75) is 17.4 Å². The van der Waals surface area contributed by atoms with Crippen molar-refractivity contribution in [3.05, 3.63) is 60.2 Å². The van der Waals surface area contributed by atoms with Crippen LogP contribution in [0.1, 0.15) is 5.56 Å². The average Bonchev–Trinajstić information content (AvgIpc) is 2.55. The van der Waals surface area contributed by atoms with E-state index in [1.807, 2.05) is 0 Å². The lowest BCUT2D eigenvalue weighted by Gasteiger charge is -2.15. The summed E-state index contributed by atoms with van der Waals surface area (Å²) in [5.41, 5.74) is 0.734. The lowest BCUT2D eigenvalue weighted by molar-refractivity contribution is -0.138. The summed E-state index contributed by atoms with van der Waals surface area (Å²) in [4.78, 5) is 11.4. The lowest BCUT2D eigenvalue weighted by atomic mass is 10.1. The van der Waals surface area contributed by atoms with E-state index in [0.29, 0.717) is 5.75 Å². The van der Waals surface area contributed by atoms with Crippen LogP contribution in [0.25, 0.3) is 0 Å². The molecule has 6 nitrogen and oxygen atoms in total. The molecule has 2 aromatic rings. The largest absolute Gasteiger partial charge is 0.497 e. The molecule has 0 radical (unpaired) electrons. The van der Waals surface area contributed by atoms with Gasteiger partial charge in [-0.25, -0.2) is 8.42 Å². The number of carboxylic acid groups (broad SMARTS) is 1. The zero-order valence-corrected chi connectivity index (χ0v) is 13.3. The van der Waals surface area contributed by atoms with Crippen molar-refractivity contribution in [3.8, 4) is 5.75 Å². The summed E-state index contributed by atoms with van der Waals surface area (Å²) in [5, 5.41) is 9.28. The summed E-state index contributed by atoms with van der Waals surface area (Å²) in [7, 11) is -2.46. The van der Waals surface area contributed by atoms with Crippen molar-refractivity contribution in [1.29, 1.82) is 0 Å². The van der Waals surface area contributed by atoms with Gasteiger partial charge in [0.15, 0.2) is 0 Å². The van der Waals surface area contributed by atoms with E-state index < -0.39 is 22.0 Å². The van der Waals surface area contributed by atoms with Gasteiger partial charge in [0.1, 0.15) is 11.8 Å². The van der Waals surface area contributed by atoms with Gasteiger partial charge in [-0.1, -0.05) is 30.3 Å². The highest BCUT2D eigenvalue weighted by Crippen LogP contribution is 2.16. The number of methoxy groups -OCH3 is 1. The molecule has 0 aromatic heterocycles. The Balaban J connectivity index is 2.19. The fourth-order valence-corrected chi connectivity index (χ4v) is 3.23. The highest BCUT2D eigenvalue weighted by molar-refractivity contribution is 7.89. The Morgan fingerprint density at radius 2 is 1.74 bits per heavy atom. The van der Waals surface area contributed by atoms with E-state index in [2.05, 4.69) is 4.72 Å². The molecule has 0 heterocycles. The Hall–Kier alpha value is -2.38. The molecule has 0 unspecified atom stereocenters. The smallest absolute Gasteiger partial charge is 0.322 e. The molecule has 1 atom stereocenters. The summed E-state index contributed by atoms with van der Waals surface area (Å²) in [6.45, 7) is 0. The van der Waals surface area contributed by atoms with E-state index in [1.165, 1.54) is 31.4 Å². The molecule has 0 amide bonds. The van der Waals surface area contributed by atoms with Crippen LogP contribution in [0, 0.1) is 0 Å². The monoisotopic (exact) mass is 335 g/mol. The molecule has 0 aliphatic rings. The number of carboxylic acids is 1. The minimum Gasteiger partial charge on any atom is -0.497 e. The van der Waals surface area contributed by atoms with Gasteiger partial charge in [-0.2, -0.15) is 4.72 Å². The molecular weight excluding hydrogens is 318 g/mol. The number of benzene rings is 2. The molecule has 0 aliphatic heterocycles. The first-order valence-corrected chi connectivity index (χ1v) is 8.34. The maximum absolute atomic E-state index is 12.3. The standard InChI is InChI=1S/C16H17NO5S/c1-22-13-7-9-14(10-8-13)23(20,21)17-15(16(18)19)11-12-5-3-2-4-6-12/h2-10,15,17H,11H2,1H3,(H,18,19)/t15-/m1/s1. The Labute approximate surface area is 134 Å². The van der Waals surface area contributed by atoms with E-state index in [1.54, 1.807) is 30.3 Å². The predicted octanol–water partition coefficient (Wildman–Crippen LogP) is 1.67. The Bertz CT molecular complexity index is 757. The fraction of sp³-hybridized carbons (Fsp3) is 0.188. The normalized spacial score (nSPS) is 12.6. The second-order valence-electron chi connectivity index (χ2n) is 4.88. The molecule has 7 heteroatoms. The molecule has 122 valence electrons. The maximum Gasteiger partial charge on any atom is 0.322 e. The first-order valence-electron chi connectivity index (χ1n) is 6.85. The van der Waals surface area contributed by atoms with Gasteiger partial charge in [0, 0.05) is 0 Å². The van der Waals surface area contributed by atoms with Crippen LogP contribution < -0.4 is 9.46 Å². The van der Waals surface area contributed by atoms with Crippen molar-refractivity contribution < 1.29 is 23.1 Å². The molecule has 2 rings (SSSR count). The number of sulfonamides is 1. The van der Waals surface area contributed by atoms with Gasteiger partial charge in [-0.15, -0.1) is 0 Å². The molecule has 2 N–H and O–H groups in total. The molecule has 0 saturated heterocycles. The zero-order chi connectivity index (χ0) is 16.9. The predicted molar refractivity (Wildman–Crippen MR) is 84.9 cm³/mol. The van der Waals surface area contributed by atoms with Crippen LogP contribution in [0.5, 0.6) is 5.75 Å². The van der Waals surface area contributed by atoms with Gasteiger partial charge in [0.05, 0.1) is 12.0 Å². The highest BCUT2D eigenvalue weighted by atomic mass is 32.2. The summed E-state index contributed by atoms with van der Waals surface area (Å²) >= 11 is 0. The summed E-state index contributed by atoms with van der Waals surface area (Å²) in [5.74, 6) is -0.714. The van der Waals surface area contributed by atoms with Gasteiger partial charge in [0.25, 0.3) is 0 Å². The van der Waals surface area contributed by atoms with Crippen LogP contribution in [-0.2, 0) is 21.2 Å². The quantitative estimate of drug-likeness (QED) is 0.803. The number of hydrogen-bond donors (Lipinski definition) is 2. The highest BCUT2D eigenvalue weighted by Gasteiger charge is 2.25. The van der Waals surface area contributed by atoms with E-state index in [-0.39, 0.29) is 11.3 Å². The molecular formula is C16H17NO5S. The summed E-state index contributed by atoms with van der Waals surface area (Å²) < 4.78 is 31.8. The van der Waals surface area contributed by atoms with Crippen molar-refractivity contribution in [2.75, 3.05) is 7.11 Å². The number of ether oxygens (including phenoxy) is 1. The zero-order valence-electron chi connectivity index (χ0n) is 12.5. The molecule has 0 saturated carbocycles. The van der Waals surface area contributed by atoms with Gasteiger partial charge in [0.2, 0.25) is 10.0 Å². The molecule has 23 heavy (non-hydrogen) atoms. The van der Waals surface area contributed by atoms with Gasteiger partial charge < -0.3 is 9.84 Å². The SMILES string of the molecule is COc1ccc(S(=O)(=O)N[C@H](Cc2ccccc2)C(=O)O)cc1. The lowest BCUT2D eigenvalue weighted by Crippen LogP contribution is -2.42. The molecule has 2 aromatic carbocycles. The second kappa shape index (κ2) is 7.26. The number of hydrogen-bond acceptors (Lipinski definition) is 4. The first-order chi connectivity index (χ1) is 10.9. The number of rotatable bonds is 7. The van der Waals surface area contributed by atoms with E-state index in [4.69, 9.17) is 4.74 Å². The maximum atomic E-state index is 12.3. The third-order valence-corrected chi connectivity index (χ3v) is 4.74. The Kier molecular flexibility index (Phi) is 5.36. The number of nitrogens with one attached hydrogen (secondary N) is 1. The van der Waals surface area contributed by atoms with Crippen LogP contribution in [0.4, 0.5) is 0 Å². The van der Waals surface area contributed by atoms with E-state index in [0.717, 1.165) is 5.56 Å². The summed E-state index contributed by atoms with van der Waals surface area (Å²) in [6, 6.07) is 13.3. The minimum absolute atomic E-state index is 0.0161. The van der Waals surface area contributed by atoms with Crippen molar-refractivity contribution >= 4 is 16.0 Å². The number of carbonyl (C=O) groups is 1. The van der Waals surface area contributed by atoms with Crippen LogP contribution >= 0.6 is 0 Å². The van der Waals surface area contributed by atoms with Gasteiger partial charge in [-0.05, 0) is 36.2 Å². The van der Waals surface area contributed by atoms with Crippen LogP contribution in [0.2, 0.25) is 0 Å². The minimum atomic E-state index is -3.94. The Morgan fingerprint density at radius 3 is 2.26 bits per heavy atom. The van der Waals surface area contributed by atoms with Crippen LogP contribution in [0.15, 0.2) is 59.5 Å². The first kappa shape index (κ1) is 17.0. The molecule has 0 aliphatic carbocycles. The average molecular weight is 335 g/mol. The van der Waals surface area contributed by atoms with Crippen molar-refractivity contribution in [3.63, 3.8) is 0 Å². The van der Waals surface area contributed by atoms with E-state index in [9.17, 15) is 18.3 Å². The topological polar surface area (TPSA) is 92.7 Å². The van der Waals surface area contributed by atoms with Gasteiger partial charge >= 0.3 is 5.97 Å². The van der Waals surface area contributed by atoms with Gasteiger partial charge in [-0.3, -0.25) is 4.79 Å². The third-order valence-electron chi connectivity index (χ3n) is 3.25. The summed E-state index contributed by atoms with van der Waals surface area (Å²) in [6.07, 6.45) is 0.0611. The second-order valence-corrected chi connectivity index (χ2v) is 6.59. The third kappa shape index (κ3) is 4.54. The van der Waals surface area contributed by atoms with Crippen LogP contribution in [0.3, 0.4) is 0 Å². The molecule has 0 bridgehead atoms. The van der Waals surface area contributed by atoms with E-state index >= 15 is 0 Å². The molecule has 0 spiro atoms. The molecule has 0 fully saturated rings. The fourth-order valence-electron chi connectivity index (χ4n) is 2.04. The van der Waals surface area contributed by atoms with Crippen molar-refractivity contribution in [1.82, 2.24) is 4.72 Å². The van der Waals surface area contributed by atoms with Crippen LogP contribution in [-0.4, -0.2) is 32.6 Å². The Morgan fingerprint density at radius 1 is 1.13 bits per heavy atom.